The van der Waals surface area contributed by atoms with Gasteiger partial charge in [-0.2, -0.15) is 0 Å². The van der Waals surface area contributed by atoms with Gasteiger partial charge in [-0.05, 0) is 34.8 Å². The fourth-order valence-corrected chi connectivity index (χ4v) is 1.69. The molecule has 2 heteroatoms. The minimum atomic E-state index is -0.0639. The van der Waals surface area contributed by atoms with Crippen LogP contribution in [-0.4, -0.2) is 6.29 Å². The van der Waals surface area contributed by atoms with Crippen LogP contribution in [0.1, 0.15) is 26.3 Å². The molecule has 0 N–H and O–H groups in total. The monoisotopic (exact) mass is 222 g/mol. The second-order valence-corrected chi connectivity index (χ2v) is 4.91. The first-order chi connectivity index (χ1) is 6.95. The summed E-state index contributed by atoms with van der Waals surface area (Å²) in [4.78, 5) is 10.6. The van der Waals surface area contributed by atoms with Gasteiger partial charge in [-0.3, -0.25) is 4.79 Å². The van der Waals surface area contributed by atoms with Gasteiger partial charge in [0, 0.05) is 5.02 Å². The molecule has 1 aromatic rings. The molecular weight excluding hydrogens is 208 g/mol. The molecule has 0 saturated carbocycles. The number of rotatable bonds is 2. The van der Waals surface area contributed by atoms with Crippen molar-refractivity contribution in [3.05, 3.63) is 40.9 Å². The molecule has 0 aromatic heterocycles. The van der Waals surface area contributed by atoms with E-state index >= 15 is 0 Å². The van der Waals surface area contributed by atoms with Crippen molar-refractivity contribution >= 4 is 23.5 Å². The summed E-state index contributed by atoms with van der Waals surface area (Å²) in [6.45, 7) is 6.22. The fraction of sp³-hybridized carbons (Fsp3) is 0.308. The lowest BCUT2D eigenvalue weighted by Crippen LogP contribution is -2.08. The van der Waals surface area contributed by atoms with E-state index in [0.717, 1.165) is 17.4 Å². The highest BCUT2D eigenvalue weighted by molar-refractivity contribution is 6.30. The standard InChI is InChI=1S/C13H15ClO/c1-13(2,3)12(7-8-15)10-5-4-6-11(14)9-10/h4-9H,1-3H3/b12-7+. The summed E-state index contributed by atoms with van der Waals surface area (Å²) in [6.07, 6.45) is 2.42. The molecule has 1 rings (SSSR count). The van der Waals surface area contributed by atoms with E-state index in [1.807, 2.05) is 24.3 Å². The van der Waals surface area contributed by atoms with E-state index in [1.54, 1.807) is 6.08 Å². The molecule has 0 bridgehead atoms. The van der Waals surface area contributed by atoms with Crippen LogP contribution in [0.25, 0.3) is 5.57 Å². The number of carbonyl (C=O) groups is 1. The van der Waals surface area contributed by atoms with Gasteiger partial charge >= 0.3 is 0 Å². The van der Waals surface area contributed by atoms with Gasteiger partial charge in [0.1, 0.15) is 6.29 Å². The average Bonchev–Trinajstić information content (AvgIpc) is 2.12. The second-order valence-electron chi connectivity index (χ2n) is 4.48. The molecule has 0 amide bonds. The third-order valence-corrected chi connectivity index (χ3v) is 2.41. The van der Waals surface area contributed by atoms with E-state index in [-0.39, 0.29) is 5.41 Å². The van der Waals surface area contributed by atoms with Crippen LogP contribution in [0.2, 0.25) is 5.02 Å². The summed E-state index contributed by atoms with van der Waals surface area (Å²) in [6, 6.07) is 7.56. The Morgan fingerprint density at radius 3 is 2.47 bits per heavy atom. The van der Waals surface area contributed by atoms with Crippen molar-refractivity contribution in [3.63, 3.8) is 0 Å². The number of aldehydes is 1. The minimum Gasteiger partial charge on any atom is -0.299 e. The molecule has 0 aliphatic heterocycles. The fourth-order valence-electron chi connectivity index (χ4n) is 1.50. The van der Waals surface area contributed by atoms with E-state index in [1.165, 1.54) is 0 Å². The van der Waals surface area contributed by atoms with Crippen molar-refractivity contribution in [2.75, 3.05) is 0 Å². The molecular formula is C13H15ClO. The van der Waals surface area contributed by atoms with E-state index in [4.69, 9.17) is 11.6 Å². The van der Waals surface area contributed by atoms with Gasteiger partial charge < -0.3 is 0 Å². The number of hydrogen-bond donors (Lipinski definition) is 0. The summed E-state index contributed by atoms with van der Waals surface area (Å²) in [5.41, 5.74) is 1.94. The van der Waals surface area contributed by atoms with Gasteiger partial charge in [-0.25, -0.2) is 0 Å². The molecule has 0 heterocycles. The van der Waals surface area contributed by atoms with Crippen molar-refractivity contribution in [2.24, 2.45) is 5.41 Å². The van der Waals surface area contributed by atoms with E-state index in [0.29, 0.717) is 5.02 Å². The summed E-state index contributed by atoms with van der Waals surface area (Å²) in [7, 11) is 0. The van der Waals surface area contributed by atoms with Crippen LogP contribution < -0.4 is 0 Å². The maximum absolute atomic E-state index is 10.6. The minimum absolute atomic E-state index is 0.0639. The molecule has 15 heavy (non-hydrogen) atoms. The molecule has 0 unspecified atom stereocenters. The number of benzene rings is 1. The molecule has 0 aliphatic carbocycles. The third kappa shape index (κ3) is 3.21. The Morgan fingerprint density at radius 1 is 1.33 bits per heavy atom. The predicted molar refractivity (Wildman–Crippen MR) is 64.9 cm³/mol. The Bertz CT molecular complexity index is 386. The number of carbonyl (C=O) groups excluding carboxylic acids is 1. The normalized spacial score (nSPS) is 12.7. The average molecular weight is 223 g/mol. The van der Waals surface area contributed by atoms with Crippen LogP contribution in [-0.2, 0) is 4.79 Å². The van der Waals surface area contributed by atoms with Crippen LogP contribution >= 0.6 is 11.6 Å². The molecule has 0 aliphatic rings. The molecule has 0 radical (unpaired) electrons. The maximum Gasteiger partial charge on any atom is 0.143 e. The predicted octanol–water partition coefficient (Wildman–Crippen LogP) is 3.97. The highest BCUT2D eigenvalue weighted by atomic mass is 35.5. The van der Waals surface area contributed by atoms with Gasteiger partial charge in [-0.15, -0.1) is 0 Å². The van der Waals surface area contributed by atoms with Crippen molar-refractivity contribution in [1.82, 2.24) is 0 Å². The zero-order valence-corrected chi connectivity index (χ0v) is 10.0. The van der Waals surface area contributed by atoms with Crippen LogP contribution in [0, 0.1) is 5.41 Å². The number of allylic oxidation sites excluding steroid dienone is 2. The Hall–Kier alpha value is -1.08. The lowest BCUT2D eigenvalue weighted by atomic mass is 9.82. The Labute approximate surface area is 95.8 Å². The number of halogens is 1. The van der Waals surface area contributed by atoms with E-state index in [9.17, 15) is 4.79 Å². The number of hydrogen-bond acceptors (Lipinski definition) is 1. The highest BCUT2D eigenvalue weighted by Crippen LogP contribution is 2.34. The van der Waals surface area contributed by atoms with Gasteiger partial charge in [0.15, 0.2) is 0 Å². The van der Waals surface area contributed by atoms with Crippen molar-refractivity contribution in [2.45, 2.75) is 20.8 Å². The molecule has 0 spiro atoms. The quantitative estimate of drug-likeness (QED) is 0.547. The lowest BCUT2D eigenvalue weighted by molar-refractivity contribution is -0.104. The first kappa shape index (κ1) is 12.0. The molecule has 0 saturated heterocycles. The SMILES string of the molecule is CC(C)(C)/C(=C/C=O)c1cccc(Cl)c1. The summed E-state index contributed by atoms with van der Waals surface area (Å²) in [5, 5.41) is 0.688. The van der Waals surface area contributed by atoms with E-state index < -0.39 is 0 Å². The first-order valence-electron chi connectivity index (χ1n) is 4.87. The summed E-state index contributed by atoms with van der Waals surface area (Å²) in [5.74, 6) is 0. The van der Waals surface area contributed by atoms with Crippen molar-refractivity contribution in [1.29, 1.82) is 0 Å². The topological polar surface area (TPSA) is 17.1 Å². The first-order valence-corrected chi connectivity index (χ1v) is 5.25. The van der Waals surface area contributed by atoms with Crippen LogP contribution in [0.3, 0.4) is 0 Å². The smallest absolute Gasteiger partial charge is 0.143 e. The van der Waals surface area contributed by atoms with Crippen LogP contribution in [0.5, 0.6) is 0 Å². The summed E-state index contributed by atoms with van der Waals surface area (Å²) >= 11 is 5.92. The van der Waals surface area contributed by atoms with Gasteiger partial charge in [0.25, 0.3) is 0 Å². The van der Waals surface area contributed by atoms with Crippen molar-refractivity contribution in [3.8, 4) is 0 Å². The summed E-state index contributed by atoms with van der Waals surface area (Å²) < 4.78 is 0. The van der Waals surface area contributed by atoms with Gasteiger partial charge in [0.2, 0.25) is 0 Å². The van der Waals surface area contributed by atoms with Gasteiger partial charge in [-0.1, -0.05) is 44.5 Å². The maximum atomic E-state index is 10.6. The third-order valence-electron chi connectivity index (χ3n) is 2.18. The Kier molecular flexibility index (Phi) is 3.70. The van der Waals surface area contributed by atoms with Crippen molar-refractivity contribution < 1.29 is 4.79 Å². The lowest BCUT2D eigenvalue weighted by Gasteiger charge is -2.23. The molecule has 0 atom stereocenters. The zero-order valence-electron chi connectivity index (χ0n) is 9.25. The molecule has 1 aromatic carbocycles. The molecule has 80 valence electrons. The molecule has 0 fully saturated rings. The Balaban J connectivity index is 3.23. The molecule has 1 nitrogen and oxygen atoms in total. The van der Waals surface area contributed by atoms with Crippen LogP contribution in [0.4, 0.5) is 0 Å². The second kappa shape index (κ2) is 4.63. The highest BCUT2D eigenvalue weighted by Gasteiger charge is 2.18. The van der Waals surface area contributed by atoms with Gasteiger partial charge in [0.05, 0.1) is 0 Å². The van der Waals surface area contributed by atoms with E-state index in [2.05, 4.69) is 20.8 Å². The zero-order chi connectivity index (χ0) is 11.5. The van der Waals surface area contributed by atoms with Crippen LogP contribution in [0.15, 0.2) is 30.3 Å². The Morgan fingerprint density at radius 2 is 2.00 bits per heavy atom. The largest absolute Gasteiger partial charge is 0.299 e.